The summed E-state index contributed by atoms with van der Waals surface area (Å²) in [5.74, 6) is 0. The quantitative estimate of drug-likeness (QED) is 0.828. The van der Waals surface area contributed by atoms with Gasteiger partial charge in [-0.3, -0.25) is 0 Å². The summed E-state index contributed by atoms with van der Waals surface area (Å²) in [6.07, 6.45) is 2.44. The van der Waals surface area contributed by atoms with Crippen LogP contribution in [0.4, 0.5) is 11.4 Å². The molecule has 0 amide bonds. The van der Waals surface area contributed by atoms with E-state index in [1.807, 2.05) is 0 Å². The van der Waals surface area contributed by atoms with Crippen molar-refractivity contribution in [2.75, 3.05) is 43.3 Å². The fourth-order valence-corrected chi connectivity index (χ4v) is 3.07. The Balaban J connectivity index is 1.84. The third-order valence-electron chi connectivity index (χ3n) is 4.39. The summed E-state index contributed by atoms with van der Waals surface area (Å²) in [6, 6.07) is 9.22. The topological polar surface area (TPSA) is 24.9 Å². The zero-order chi connectivity index (χ0) is 13.9. The number of rotatable bonds is 2. The molecule has 3 rings (SSSR count). The lowest BCUT2D eigenvalue weighted by atomic mass is 10.1. The first-order valence-electron chi connectivity index (χ1n) is 7.52. The van der Waals surface area contributed by atoms with E-state index in [0.717, 1.165) is 26.1 Å². The molecule has 0 aliphatic carbocycles. The third-order valence-corrected chi connectivity index (χ3v) is 4.39. The number of nitrogens with zero attached hydrogens (tertiary/aromatic N) is 2. The van der Waals surface area contributed by atoms with E-state index in [2.05, 4.69) is 48.0 Å². The largest absolute Gasteiger partial charge is 0.373 e. The van der Waals surface area contributed by atoms with Gasteiger partial charge in [-0.1, -0.05) is 12.1 Å². The Kier molecular flexibility index (Phi) is 4.13. The molecule has 0 unspecified atom stereocenters. The average Bonchev–Trinajstić information content (AvgIpc) is 2.61. The molecule has 20 heavy (non-hydrogen) atoms. The molecule has 2 aliphatic rings. The van der Waals surface area contributed by atoms with Crippen LogP contribution in [0.1, 0.15) is 19.8 Å². The Morgan fingerprint density at radius 2 is 2.00 bits per heavy atom. The van der Waals surface area contributed by atoms with Crippen LogP contribution in [0.15, 0.2) is 24.3 Å². The maximum atomic E-state index is 5.73. The maximum Gasteiger partial charge on any atom is 0.147 e. The minimum absolute atomic E-state index is 0.280. The lowest BCUT2D eigenvalue weighted by Crippen LogP contribution is -2.42. The summed E-state index contributed by atoms with van der Waals surface area (Å²) >= 11 is 0. The molecule has 1 aromatic rings. The molecule has 4 heteroatoms. The summed E-state index contributed by atoms with van der Waals surface area (Å²) in [7, 11) is 2.18. The number of benzene rings is 1. The van der Waals surface area contributed by atoms with Gasteiger partial charge >= 0.3 is 0 Å². The molecule has 0 aromatic heterocycles. The Morgan fingerprint density at radius 1 is 1.20 bits per heavy atom. The van der Waals surface area contributed by atoms with Crippen LogP contribution in [0, 0.1) is 0 Å². The monoisotopic (exact) mass is 276 g/mol. The molecule has 0 radical (unpaired) electrons. The second-order valence-electron chi connectivity index (χ2n) is 5.80. The summed E-state index contributed by atoms with van der Waals surface area (Å²) in [4.78, 5) is 4.87. The van der Waals surface area contributed by atoms with E-state index in [1.54, 1.807) is 0 Å². The van der Waals surface area contributed by atoms with Crippen molar-refractivity contribution in [3.8, 4) is 0 Å². The summed E-state index contributed by atoms with van der Waals surface area (Å²) in [5.41, 5.74) is 2.65. The first-order valence-corrected chi connectivity index (χ1v) is 7.52. The van der Waals surface area contributed by atoms with Crippen LogP contribution in [0.2, 0.25) is 0 Å². The maximum absolute atomic E-state index is 5.73. The molecule has 2 heterocycles. The highest BCUT2D eigenvalue weighted by atomic mass is 16.7. The van der Waals surface area contributed by atoms with E-state index in [9.17, 15) is 0 Å². The van der Waals surface area contributed by atoms with Crippen molar-refractivity contribution < 1.29 is 9.47 Å². The van der Waals surface area contributed by atoms with Gasteiger partial charge in [-0.05, 0) is 31.9 Å². The summed E-state index contributed by atoms with van der Waals surface area (Å²) < 4.78 is 11.0. The first-order chi connectivity index (χ1) is 9.75. The lowest BCUT2D eigenvalue weighted by molar-refractivity contribution is -0.135. The molecule has 1 fully saturated rings. The molecule has 0 spiro atoms. The number of ether oxygens (including phenoxy) is 2. The van der Waals surface area contributed by atoms with Crippen molar-refractivity contribution >= 4 is 11.4 Å². The molecular weight excluding hydrogens is 252 g/mol. The second-order valence-corrected chi connectivity index (χ2v) is 5.80. The van der Waals surface area contributed by atoms with Gasteiger partial charge in [-0.15, -0.1) is 0 Å². The Hall–Kier alpha value is -1.26. The molecule has 4 nitrogen and oxygen atoms in total. The van der Waals surface area contributed by atoms with Crippen LogP contribution in [0.3, 0.4) is 0 Å². The minimum Gasteiger partial charge on any atom is -0.373 e. The van der Waals surface area contributed by atoms with Crippen LogP contribution in [0.25, 0.3) is 0 Å². The lowest BCUT2D eigenvalue weighted by Gasteiger charge is -2.35. The Bertz CT molecular complexity index is 446. The number of hydrogen-bond donors (Lipinski definition) is 0. The van der Waals surface area contributed by atoms with Gasteiger partial charge in [-0.2, -0.15) is 0 Å². The van der Waals surface area contributed by atoms with Crippen LogP contribution in [-0.2, 0) is 9.47 Å². The van der Waals surface area contributed by atoms with Gasteiger partial charge in [0.25, 0.3) is 0 Å². The summed E-state index contributed by atoms with van der Waals surface area (Å²) in [6.45, 7) is 5.62. The zero-order valence-corrected chi connectivity index (χ0v) is 12.4. The fraction of sp³-hybridized carbons (Fsp3) is 0.625. The fourth-order valence-electron chi connectivity index (χ4n) is 3.07. The van der Waals surface area contributed by atoms with Crippen molar-refractivity contribution in [3.05, 3.63) is 24.3 Å². The van der Waals surface area contributed by atoms with Crippen molar-refractivity contribution in [1.29, 1.82) is 0 Å². The predicted molar refractivity (Wildman–Crippen MR) is 81.4 cm³/mol. The van der Waals surface area contributed by atoms with Crippen molar-refractivity contribution in [1.82, 2.24) is 0 Å². The molecule has 2 atom stereocenters. The smallest absolute Gasteiger partial charge is 0.147 e. The first kappa shape index (κ1) is 13.7. The molecule has 1 saturated heterocycles. The van der Waals surface area contributed by atoms with Crippen LogP contribution < -0.4 is 9.80 Å². The number of para-hydroxylation sites is 2. The Morgan fingerprint density at radius 3 is 2.75 bits per heavy atom. The normalized spacial score (nSPS) is 27.1. The average molecular weight is 276 g/mol. The highest BCUT2D eigenvalue weighted by molar-refractivity contribution is 5.72. The molecule has 0 bridgehead atoms. The van der Waals surface area contributed by atoms with E-state index < -0.39 is 0 Å². The van der Waals surface area contributed by atoms with Crippen molar-refractivity contribution in [2.24, 2.45) is 0 Å². The van der Waals surface area contributed by atoms with Gasteiger partial charge in [-0.25, -0.2) is 0 Å². The van der Waals surface area contributed by atoms with Gasteiger partial charge in [0.05, 0.1) is 24.1 Å². The predicted octanol–water partition coefficient (Wildman–Crippen LogP) is 2.48. The standard InChI is InChI=1S/C16H24N2O2/c1-13-7-9-17(2)15-5-3-4-6-16(15)18(13)11-14-8-10-19-12-20-14/h3-6,13-14H,7-12H2,1-2H3/t13-,14+/m1/s1. The molecule has 1 aromatic carbocycles. The van der Waals surface area contributed by atoms with Gasteiger partial charge in [0.1, 0.15) is 6.79 Å². The minimum atomic E-state index is 0.280. The molecular formula is C16H24N2O2. The van der Waals surface area contributed by atoms with Crippen molar-refractivity contribution in [2.45, 2.75) is 31.9 Å². The van der Waals surface area contributed by atoms with Gasteiger partial charge < -0.3 is 19.3 Å². The number of hydrogen-bond acceptors (Lipinski definition) is 4. The van der Waals surface area contributed by atoms with E-state index in [4.69, 9.17) is 9.47 Å². The summed E-state index contributed by atoms with van der Waals surface area (Å²) in [5, 5.41) is 0. The van der Waals surface area contributed by atoms with Gasteiger partial charge in [0.2, 0.25) is 0 Å². The van der Waals surface area contributed by atoms with Crippen molar-refractivity contribution in [3.63, 3.8) is 0 Å². The van der Waals surface area contributed by atoms with E-state index in [0.29, 0.717) is 12.8 Å². The zero-order valence-electron chi connectivity index (χ0n) is 12.4. The third kappa shape index (κ3) is 2.76. The SMILES string of the molecule is C[C@@H]1CCN(C)c2ccccc2N1C[C@@H]1CCOCO1. The van der Waals surface area contributed by atoms with E-state index in [1.165, 1.54) is 17.8 Å². The van der Waals surface area contributed by atoms with Crippen LogP contribution >= 0.6 is 0 Å². The highest BCUT2D eigenvalue weighted by Crippen LogP contribution is 2.34. The van der Waals surface area contributed by atoms with E-state index >= 15 is 0 Å². The molecule has 0 N–H and O–H groups in total. The highest BCUT2D eigenvalue weighted by Gasteiger charge is 2.26. The number of anilines is 2. The number of fused-ring (bicyclic) bond motifs is 1. The molecule has 0 saturated carbocycles. The molecule has 2 aliphatic heterocycles. The van der Waals surface area contributed by atoms with Crippen LogP contribution in [-0.4, -0.2) is 45.7 Å². The Labute approximate surface area is 121 Å². The van der Waals surface area contributed by atoms with Gasteiger partial charge in [0, 0.05) is 26.2 Å². The van der Waals surface area contributed by atoms with E-state index in [-0.39, 0.29) is 6.10 Å². The van der Waals surface area contributed by atoms with Gasteiger partial charge in [0.15, 0.2) is 0 Å². The molecule has 110 valence electrons. The van der Waals surface area contributed by atoms with Crippen LogP contribution in [0.5, 0.6) is 0 Å². The second kappa shape index (κ2) is 6.02.